The summed E-state index contributed by atoms with van der Waals surface area (Å²) in [5, 5.41) is 2.93. The first-order chi connectivity index (χ1) is 13.8. The molecule has 0 heterocycles. The Morgan fingerprint density at radius 1 is 0.966 bits per heavy atom. The summed E-state index contributed by atoms with van der Waals surface area (Å²) >= 11 is 0. The van der Waals surface area contributed by atoms with E-state index in [0.29, 0.717) is 0 Å². The van der Waals surface area contributed by atoms with Gasteiger partial charge in [0.2, 0.25) is 0 Å². The first-order valence-corrected chi connectivity index (χ1v) is 9.73. The summed E-state index contributed by atoms with van der Waals surface area (Å²) in [6, 6.07) is 13.3. The number of hydrogen-bond donors (Lipinski definition) is 1. The number of carbonyl (C=O) groups is 2. The van der Waals surface area contributed by atoms with Crippen molar-refractivity contribution in [1.29, 1.82) is 0 Å². The summed E-state index contributed by atoms with van der Waals surface area (Å²) in [6.45, 7) is 7.99. The molecule has 0 atom stereocenters. The van der Waals surface area contributed by atoms with Gasteiger partial charge in [-0.1, -0.05) is 58.0 Å². The van der Waals surface area contributed by atoms with Crippen LogP contribution in [-0.4, -0.2) is 25.6 Å². The third-order valence-electron chi connectivity index (χ3n) is 4.51. The fourth-order valence-electron chi connectivity index (χ4n) is 2.93. The molecule has 0 radical (unpaired) electrons. The van der Waals surface area contributed by atoms with E-state index < -0.39 is 5.97 Å². The maximum absolute atomic E-state index is 12.4. The van der Waals surface area contributed by atoms with Crippen LogP contribution in [0.4, 0.5) is 5.69 Å². The third-order valence-corrected chi connectivity index (χ3v) is 4.51. The molecule has 0 unspecified atom stereocenters. The number of esters is 1. The van der Waals surface area contributed by atoms with Gasteiger partial charge in [-0.05, 0) is 46.7 Å². The molecular formula is C24H29NO4. The van der Waals surface area contributed by atoms with E-state index in [2.05, 4.69) is 33.0 Å². The van der Waals surface area contributed by atoms with Gasteiger partial charge in [-0.15, -0.1) is 0 Å². The number of hydrogen-bond acceptors (Lipinski definition) is 4. The van der Waals surface area contributed by atoms with Crippen LogP contribution >= 0.6 is 0 Å². The summed E-state index contributed by atoms with van der Waals surface area (Å²) in [7, 11) is 1.59. The summed E-state index contributed by atoms with van der Waals surface area (Å²) in [5.41, 5.74) is 3.78. The number of ether oxygens (including phenoxy) is 2. The molecule has 0 saturated heterocycles. The van der Waals surface area contributed by atoms with E-state index in [4.69, 9.17) is 9.47 Å². The molecule has 5 heteroatoms. The second kappa shape index (κ2) is 10.5. The zero-order valence-corrected chi connectivity index (χ0v) is 17.7. The standard InChI is InChI=1S/C24H29NO4/c1-16(2)20-7-6-8-21(17(3)4)24(20)25-22(26)15-29-23(27)14-11-18-9-12-19(28-5)13-10-18/h6-14,16-17H,15H2,1-5H3,(H,25,26)/b14-11+. The zero-order chi connectivity index (χ0) is 21.4. The molecule has 0 aliphatic carbocycles. The molecule has 1 N–H and O–H groups in total. The van der Waals surface area contributed by atoms with Crippen LogP contribution in [0.15, 0.2) is 48.5 Å². The smallest absolute Gasteiger partial charge is 0.331 e. The highest BCUT2D eigenvalue weighted by Gasteiger charge is 2.16. The Bertz CT molecular complexity index is 841. The lowest BCUT2D eigenvalue weighted by Gasteiger charge is -2.20. The van der Waals surface area contributed by atoms with E-state index in [1.807, 2.05) is 30.3 Å². The van der Waals surface area contributed by atoms with Gasteiger partial charge in [0.1, 0.15) is 5.75 Å². The Morgan fingerprint density at radius 2 is 1.55 bits per heavy atom. The van der Waals surface area contributed by atoms with Crippen LogP contribution in [0.25, 0.3) is 6.08 Å². The molecule has 0 aliphatic heterocycles. The molecule has 2 rings (SSSR count). The molecule has 1 amide bonds. The number of amides is 1. The molecule has 5 nitrogen and oxygen atoms in total. The SMILES string of the molecule is COc1ccc(/C=C/C(=O)OCC(=O)Nc2c(C(C)C)cccc2C(C)C)cc1. The largest absolute Gasteiger partial charge is 0.497 e. The Hall–Kier alpha value is -3.08. The van der Waals surface area contributed by atoms with Crippen molar-refractivity contribution in [3.05, 3.63) is 65.2 Å². The molecule has 0 bridgehead atoms. The number of anilines is 1. The van der Waals surface area contributed by atoms with Gasteiger partial charge >= 0.3 is 5.97 Å². The van der Waals surface area contributed by atoms with Crippen molar-refractivity contribution in [2.75, 3.05) is 19.0 Å². The minimum Gasteiger partial charge on any atom is -0.497 e. The second-order valence-electron chi connectivity index (χ2n) is 7.38. The minimum atomic E-state index is -0.572. The van der Waals surface area contributed by atoms with Crippen LogP contribution in [0.1, 0.15) is 56.2 Å². The summed E-state index contributed by atoms with van der Waals surface area (Å²) < 4.78 is 10.2. The highest BCUT2D eigenvalue weighted by molar-refractivity contribution is 5.96. The Balaban J connectivity index is 1.97. The van der Waals surface area contributed by atoms with Gasteiger partial charge in [0.15, 0.2) is 6.61 Å². The average molecular weight is 395 g/mol. The van der Waals surface area contributed by atoms with Gasteiger partial charge in [-0.2, -0.15) is 0 Å². The van der Waals surface area contributed by atoms with Crippen LogP contribution in [0.2, 0.25) is 0 Å². The van der Waals surface area contributed by atoms with Gasteiger partial charge in [0.05, 0.1) is 7.11 Å². The molecule has 0 fully saturated rings. The van der Waals surface area contributed by atoms with E-state index in [1.54, 1.807) is 25.3 Å². The highest BCUT2D eigenvalue weighted by Crippen LogP contribution is 2.32. The Morgan fingerprint density at radius 3 is 2.07 bits per heavy atom. The fraction of sp³-hybridized carbons (Fsp3) is 0.333. The van der Waals surface area contributed by atoms with Gasteiger partial charge in [0.25, 0.3) is 5.91 Å². The first-order valence-electron chi connectivity index (χ1n) is 9.73. The molecule has 0 aliphatic rings. The number of para-hydroxylation sites is 1. The van der Waals surface area contributed by atoms with Crippen molar-refractivity contribution in [1.82, 2.24) is 0 Å². The predicted molar refractivity (Wildman–Crippen MR) is 116 cm³/mol. The second-order valence-corrected chi connectivity index (χ2v) is 7.38. The molecule has 2 aromatic rings. The molecule has 0 spiro atoms. The molecular weight excluding hydrogens is 366 g/mol. The molecule has 0 saturated carbocycles. The maximum Gasteiger partial charge on any atom is 0.331 e. The average Bonchev–Trinajstić information content (AvgIpc) is 2.70. The van der Waals surface area contributed by atoms with Crippen LogP contribution < -0.4 is 10.1 Å². The van der Waals surface area contributed by atoms with Crippen molar-refractivity contribution in [2.45, 2.75) is 39.5 Å². The van der Waals surface area contributed by atoms with Crippen molar-refractivity contribution in [2.24, 2.45) is 0 Å². The van der Waals surface area contributed by atoms with E-state index >= 15 is 0 Å². The van der Waals surface area contributed by atoms with Crippen molar-refractivity contribution in [3.63, 3.8) is 0 Å². The first kappa shape index (κ1) is 22.2. The summed E-state index contributed by atoms with van der Waals surface area (Å²) in [4.78, 5) is 24.3. The van der Waals surface area contributed by atoms with E-state index in [-0.39, 0.29) is 24.3 Å². The normalized spacial score (nSPS) is 11.1. The van der Waals surface area contributed by atoms with Gasteiger partial charge < -0.3 is 14.8 Å². The van der Waals surface area contributed by atoms with Crippen LogP contribution in [0.3, 0.4) is 0 Å². The molecule has 2 aromatic carbocycles. The fourth-order valence-corrected chi connectivity index (χ4v) is 2.93. The third kappa shape index (κ3) is 6.49. The quantitative estimate of drug-likeness (QED) is 0.497. The number of benzene rings is 2. The highest BCUT2D eigenvalue weighted by atomic mass is 16.5. The zero-order valence-electron chi connectivity index (χ0n) is 17.7. The lowest BCUT2D eigenvalue weighted by molar-refractivity contribution is -0.142. The van der Waals surface area contributed by atoms with Crippen LogP contribution in [0.5, 0.6) is 5.75 Å². The summed E-state index contributed by atoms with van der Waals surface area (Å²) in [6.07, 6.45) is 2.93. The number of rotatable bonds is 8. The van der Waals surface area contributed by atoms with Gasteiger partial charge in [-0.25, -0.2) is 4.79 Å². The van der Waals surface area contributed by atoms with Crippen molar-refractivity contribution < 1.29 is 19.1 Å². The molecule has 0 aromatic heterocycles. The molecule has 154 valence electrons. The number of carbonyl (C=O) groups excluding carboxylic acids is 2. The van der Waals surface area contributed by atoms with Crippen molar-refractivity contribution in [3.8, 4) is 5.75 Å². The Kier molecular flexibility index (Phi) is 8.01. The van der Waals surface area contributed by atoms with E-state index in [0.717, 1.165) is 28.1 Å². The lowest BCUT2D eigenvalue weighted by atomic mass is 9.92. The minimum absolute atomic E-state index is 0.263. The topological polar surface area (TPSA) is 64.6 Å². The number of nitrogens with one attached hydrogen (secondary N) is 1. The lowest BCUT2D eigenvalue weighted by Crippen LogP contribution is -2.22. The van der Waals surface area contributed by atoms with Crippen molar-refractivity contribution >= 4 is 23.6 Å². The van der Waals surface area contributed by atoms with Crippen LogP contribution in [0, 0.1) is 0 Å². The number of methoxy groups -OCH3 is 1. The van der Waals surface area contributed by atoms with Crippen LogP contribution in [-0.2, 0) is 14.3 Å². The monoisotopic (exact) mass is 395 g/mol. The molecule has 29 heavy (non-hydrogen) atoms. The van der Waals surface area contributed by atoms with Gasteiger partial charge in [0, 0.05) is 11.8 Å². The van der Waals surface area contributed by atoms with E-state index in [9.17, 15) is 9.59 Å². The maximum atomic E-state index is 12.4. The van der Waals surface area contributed by atoms with E-state index in [1.165, 1.54) is 6.08 Å². The predicted octanol–water partition coefficient (Wildman–Crippen LogP) is 5.14. The Labute approximate surface area is 172 Å². The summed E-state index contributed by atoms with van der Waals surface area (Å²) in [5.74, 6) is 0.338. The van der Waals surface area contributed by atoms with Gasteiger partial charge in [-0.3, -0.25) is 4.79 Å².